The normalized spacial score (nSPS) is 19.1. The highest BCUT2D eigenvalue weighted by molar-refractivity contribution is 6.30. The second kappa shape index (κ2) is 13.8. The number of piperazine rings is 1. The van der Waals surface area contributed by atoms with Gasteiger partial charge in [-0.15, -0.1) is 11.6 Å². The summed E-state index contributed by atoms with van der Waals surface area (Å²) in [5, 5.41) is 6.29. The Labute approximate surface area is 223 Å². The van der Waals surface area contributed by atoms with E-state index in [0.29, 0.717) is 43.5 Å². The van der Waals surface area contributed by atoms with Crippen molar-refractivity contribution >= 4 is 35.1 Å². The van der Waals surface area contributed by atoms with Crippen molar-refractivity contribution in [2.75, 3.05) is 32.1 Å². The molecule has 1 unspecified atom stereocenters. The van der Waals surface area contributed by atoms with E-state index in [0.717, 1.165) is 17.7 Å². The lowest BCUT2D eigenvalue weighted by Gasteiger charge is -2.44. The molecule has 3 amide bonds. The topological polar surface area (TPSA) is 64.7 Å². The smallest absolute Gasteiger partial charge is 0.314 e. The number of urea groups is 1. The minimum absolute atomic E-state index is 0.0341. The van der Waals surface area contributed by atoms with Gasteiger partial charge in [0.25, 0.3) is 0 Å². The van der Waals surface area contributed by atoms with Crippen molar-refractivity contribution in [3.8, 4) is 0 Å². The lowest BCUT2D eigenvalue weighted by atomic mass is 9.94. The number of benzene rings is 2. The van der Waals surface area contributed by atoms with Crippen LogP contribution in [0.2, 0.25) is 5.02 Å². The number of nitrogens with zero attached hydrogens (tertiary/aromatic N) is 2. The molecular weight excluding hydrogens is 502 g/mol. The number of carbonyl (C=O) groups is 2. The minimum Gasteiger partial charge on any atom is -0.338 e. The van der Waals surface area contributed by atoms with Crippen LogP contribution in [0.5, 0.6) is 0 Å². The van der Waals surface area contributed by atoms with E-state index in [9.17, 15) is 14.0 Å². The van der Waals surface area contributed by atoms with Crippen LogP contribution < -0.4 is 10.6 Å². The highest BCUT2D eigenvalue weighted by Gasteiger charge is 2.33. The average Bonchev–Trinajstić information content (AvgIpc) is 2.85. The standard InChI is InChI=1S/C27H35Cl2FN4O2/c1-19-17-34(20(2)16-33(19)18-21-4-10-25(30)11-5-21)26(35)14-23(22-6-8-24(29)9-7-22)15-32-27(36)31-13-3-12-28/h4-11,19-20,23H,3,12-18H2,1-2H3,(H2,31,32,36)/t19-,20+,23?/m1/s1. The second-order valence-corrected chi connectivity index (χ2v) is 10.2. The number of halogens is 3. The van der Waals surface area contributed by atoms with Crippen LogP contribution in [0.3, 0.4) is 0 Å². The first-order valence-electron chi connectivity index (χ1n) is 12.4. The molecule has 2 aromatic carbocycles. The van der Waals surface area contributed by atoms with Crippen molar-refractivity contribution in [3.63, 3.8) is 0 Å². The summed E-state index contributed by atoms with van der Waals surface area (Å²) in [6, 6.07) is 13.9. The molecule has 0 aliphatic carbocycles. The van der Waals surface area contributed by atoms with Crippen LogP contribution in [0, 0.1) is 5.82 Å². The number of amides is 3. The summed E-state index contributed by atoms with van der Waals surface area (Å²) in [6.45, 7) is 7.05. The average molecular weight is 538 g/mol. The number of hydrogen-bond donors (Lipinski definition) is 2. The first kappa shape index (κ1) is 28.2. The Morgan fingerprint density at radius 2 is 1.72 bits per heavy atom. The summed E-state index contributed by atoms with van der Waals surface area (Å²) >= 11 is 11.7. The van der Waals surface area contributed by atoms with E-state index in [2.05, 4.69) is 29.4 Å². The zero-order valence-corrected chi connectivity index (χ0v) is 22.4. The third kappa shape index (κ3) is 8.36. The molecule has 196 valence electrons. The van der Waals surface area contributed by atoms with E-state index in [4.69, 9.17) is 23.2 Å². The molecule has 1 heterocycles. The summed E-state index contributed by atoms with van der Waals surface area (Å²) in [4.78, 5) is 29.9. The molecule has 36 heavy (non-hydrogen) atoms. The number of hydrogen-bond acceptors (Lipinski definition) is 3. The summed E-state index contributed by atoms with van der Waals surface area (Å²) < 4.78 is 13.3. The molecule has 1 fully saturated rings. The zero-order valence-electron chi connectivity index (χ0n) is 20.9. The quantitative estimate of drug-likeness (QED) is 0.331. The molecule has 6 nitrogen and oxygen atoms in total. The van der Waals surface area contributed by atoms with Gasteiger partial charge in [0.1, 0.15) is 5.82 Å². The van der Waals surface area contributed by atoms with Crippen molar-refractivity contribution in [3.05, 3.63) is 70.5 Å². The van der Waals surface area contributed by atoms with Gasteiger partial charge in [-0.05, 0) is 55.7 Å². The van der Waals surface area contributed by atoms with E-state index in [1.54, 1.807) is 24.3 Å². The van der Waals surface area contributed by atoms with Crippen LogP contribution in [0.4, 0.5) is 9.18 Å². The van der Waals surface area contributed by atoms with E-state index in [-0.39, 0.29) is 42.2 Å². The number of carbonyl (C=O) groups excluding carboxylic acids is 2. The molecule has 2 aromatic rings. The van der Waals surface area contributed by atoms with Gasteiger partial charge in [0.2, 0.25) is 5.91 Å². The predicted octanol–water partition coefficient (Wildman–Crippen LogP) is 5.00. The predicted molar refractivity (Wildman–Crippen MR) is 143 cm³/mol. The van der Waals surface area contributed by atoms with E-state index in [1.807, 2.05) is 17.0 Å². The van der Waals surface area contributed by atoms with Crippen LogP contribution in [0.25, 0.3) is 0 Å². The third-order valence-electron chi connectivity index (χ3n) is 6.60. The Kier molecular flexibility index (Phi) is 10.8. The van der Waals surface area contributed by atoms with Gasteiger partial charge >= 0.3 is 6.03 Å². The molecule has 0 aromatic heterocycles. The fourth-order valence-electron chi connectivity index (χ4n) is 4.51. The molecule has 9 heteroatoms. The molecule has 0 bridgehead atoms. The monoisotopic (exact) mass is 536 g/mol. The van der Waals surface area contributed by atoms with Gasteiger partial charge in [-0.2, -0.15) is 0 Å². The molecule has 3 rings (SSSR count). The molecule has 1 saturated heterocycles. The minimum atomic E-state index is -0.275. The molecule has 1 aliphatic rings. The maximum atomic E-state index is 13.5. The number of nitrogens with one attached hydrogen (secondary N) is 2. The largest absolute Gasteiger partial charge is 0.338 e. The van der Waals surface area contributed by atoms with Crippen LogP contribution in [0.1, 0.15) is 43.7 Å². The van der Waals surface area contributed by atoms with Crippen LogP contribution in [0.15, 0.2) is 48.5 Å². The second-order valence-electron chi connectivity index (χ2n) is 9.43. The van der Waals surface area contributed by atoms with Crippen molar-refractivity contribution < 1.29 is 14.0 Å². The van der Waals surface area contributed by atoms with Gasteiger partial charge in [-0.3, -0.25) is 9.69 Å². The highest BCUT2D eigenvalue weighted by atomic mass is 35.5. The molecule has 1 aliphatic heterocycles. The first-order valence-corrected chi connectivity index (χ1v) is 13.3. The maximum absolute atomic E-state index is 13.5. The Hall–Kier alpha value is -2.35. The fourth-order valence-corrected chi connectivity index (χ4v) is 4.77. The molecule has 0 saturated carbocycles. The van der Waals surface area contributed by atoms with E-state index in [1.165, 1.54) is 12.1 Å². The lowest BCUT2D eigenvalue weighted by Crippen LogP contribution is -2.57. The molecule has 0 radical (unpaired) electrons. The summed E-state index contributed by atoms with van der Waals surface area (Å²) in [5.74, 6) is 0.108. The van der Waals surface area contributed by atoms with Gasteiger partial charge in [-0.1, -0.05) is 35.9 Å². The summed E-state index contributed by atoms with van der Waals surface area (Å²) in [7, 11) is 0. The Balaban J connectivity index is 1.62. The molecule has 3 atom stereocenters. The molecule has 0 spiro atoms. The van der Waals surface area contributed by atoms with Crippen molar-refractivity contribution in [2.45, 2.75) is 51.2 Å². The van der Waals surface area contributed by atoms with Crippen LogP contribution >= 0.6 is 23.2 Å². The fraction of sp³-hybridized carbons (Fsp3) is 0.481. The Bertz CT molecular complexity index is 990. The van der Waals surface area contributed by atoms with Crippen LogP contribution in [-0.4, -0.2) is 65.9 Å². The summed E-state index contributed by atoms with van der Waals surface area (Å²) in [5.41, 5.74) is 2.00. The molecular formula is C27H35Cl2FN4O2. The van der Waals surface area contributed by atoms with Crippen molar-refractivity contribution in [1.29, 1.82) is 0 Å². The van der Waals surface area contributed by atoms with Gasteiger partial charge in [0, 0.05) is 68.0 Å². The van der Waals surface area contributed by atoms with Crippen molar-refractivity contribution in [2.24, 2.45) is 0 Å². The maximum Gasteiger partial charge on any atom is 0.314 e. The zero-order chi connectivity index (χ0) is 26.1. The van der Waals surface area contributed by atoms with E-state index < -0.39 is 0 Å². The third-order valence-corrected chi connectivity index (χ3v) is 7.12. The van der Waals surface area contributed by atoms with Gasteiger partial charge in [0.15, 0.2) is 0 Å². The van der Waals surface area contributed by atoms with Crippen LogP contribution in [-0.2, 0) is 11.3 Å². The first-order chi connectivity index (χ1) is 17.3. The lowest BCUT2D eigenvalue weighted by molar-refractivity contribution is -0.137. The number of alkyl halides is 1. The Morgan fingerprint density at radius 1 is 1.03 bits per heavy atom. The van der Waals surface area contributed by atoms with Gasteiger partial charge in [0.05, 0.1) is 0 Å². The van der Waals surface area contributed by atoms with Crippen molar-refractivity contribution in [1.82, 2.24) is 20.4 Å². The van der Waals surface area contributed by atoms with Gasteiger partial charge < -0.3 is 15.5 Å². The van der Waals surface area contributed by atoms with E-state index >= 15 is 0 Å². The number of rotatable bonds is 10. The molecule has 2 N–H and O–H groups in total. The SMILES string of the molecule is C[C@@H]1CN(C(=O)CC(CNC(=O)NCCCCl)c2ccc(Cl)cc2)[C@@H](C)CN1Cc1ccc(F)cc1. The highest BCUT2D eigenvalue weighted by Crippen LogP contribution is 2.25. The van der Waals surface area contributed by atoms with Gasteiger partial charge in [-0.25, -0.2) is 9.18 Å². The summed E-state index contributed by atoms with van der Waals surface area (Å²) in [6.07, 6.45) is 0.968. The Morgan fingerprint density at radius 3 is 2.39 bits per heavy atom.